The van der Waals surface area contributed by atoms with Crippen LogP contribution in [-0.4, -0.2) is 48.7 Å². The molecule has 0 spiro atoms. The van der Waals surface area contributed by atoms with Gasteiger partial charge in [0, 0.05) is 36.5 Å². The van der Waals surface area contributed by atoms with Crippen LogP contribution in [0.15, 0.2) is 36.7 Å². The number of benzene rings is 1. The highest BCUT2D eigenvalue weighted by Crippen LogP contribution is 2.42. The molecule has 0 radical (unpaired) electrons. The molecule has 0 bridgehead atoms. The molecule has 2 aliphatic heterocycles. The maximum Gasteiger partial charge on any atom is 0.255 e. The van der Waals surface area contributed by atoms with E-state index in [1.54, 1.807) is 25.6 Å². The number of aromatic nitrogens is 2. The van der Waals surface area contributed by atoms with Crippen molar-refractivity contribution in [3.05, 3.63) is 52.9 Å². The summed E-state index contributed by atoms with van der Waals surface area (Å²) in [4.78, 5) is 20.6. The smallest absolute Gasteiger partial charge is 0.255 e. The van der Waals surface area contributed by atoms with E-state index in [0.717, 1.165) is 36.3 Å². The molecule has 0 unspecified atom stereocenters. The fourth-order valence-corrected chi connectivity index (χ4v) is 4.70. The first kappa shape index (κ1) is 21.6. The number of halogens is 1. The van der Waals surface area contributed by atoms with Crippen molar-refractivity contribution in [2.45, 2.75) is 25.3 Å². The number of para-hydroxylation sites is 1. The van der Waals surface area contributed by atoms with Gasteiger partial charge in [0.15, 0.2) is 5.75 Å². The van der Waals surface area contributed by atoms with E-state index in [1.165, 1.54) is 0 Å². The lowest BCUT2D eigenvalue weighted by molar-refractivity contribution is 0.0947. The lowest BCUT2D eigenvalue weighted by atomic mass is 10.0. The summed E-state index contributed by atoms with van der Waals surface area (Å²) < 4.78 is 11.7. The van der Waals surface area contributed by atoms with E-state index in [4.69, 9.17) is 21.1 Å². The molecule has 4 N–H and O–H groups in total. The quantitative estimate of drug-likeness (QED) is 0.420. The van der Waals surface area contributed by atoms with Gasteiger partial charge < -0.3 is 30.4 Å². The lowest BCUT2D eigenvalue weighted by Crippen LogP contribution is -2.31. The number of amides is 1. The minimum absolute atomic E-state index is 0.131. The number of fused-ring (bicyclic) bond motifs is 1. The van der Waals surface area contributed by atoms with Crippen molar-refractivity contribution in [3.63, 3.8) is 0 Å². The number of hydrogen-bond acceptors (Lipinski definition) is 6. The zero-order chi connectivity index (χ0) is 22.8. The second-order valence-electron chi connectivity index (χ2n) is 8.16. The van der Waals surface area contributed by atoms with Crippen LogP contribution in [0, 0.1) is 0 Å². The number of carbonyl (C=O) groups is 1. The molecule has 1 saturated heterocycles. The van der Waals surface area contributed by atoms with Gasteiger partial charge in [0.05, 0.1) is 41.0 Å². The fourth-order valence-electron chi connectivity index (χ4n) is 4.45. The van der Waals surface area contributed by atoms with Gasteiger partial charge in [-0.1, -0.05) is 17.7 Å². The van der Waals surface area contributed by atoms with Crippen molar-refractivity contribution < 1.29 is 14.3 Å². The number of hydrogen-bond donors (Lipinski definition) is 4. The molecule has 2 aliphatic rings. The Hall–Kier alpha value is -3.23. The van der Waals surface area contributed by atoms with E-state index in [1.807, 2.05) is 18.2 Å². The standard InChI is InChI=1S/C24H26ClN5O3/c1-32-23-16(25)5-2-6-18(23)30-22-20-17(8-11-28-24(20)31)29-21(22)15-7-10-26-12-19(15)33-13-14-4-3-9-27-14/h2,5-7,10,12,14,27,29-30H,3-4,8-9,11,13H2,1H3,(H,28,31)/t14-/m1/s1. The van der Waals surface area contributed by atoms with Gasteiger partial charge in [0.1, 0.15) is 12.4 Å². The predicted octanol–water partition coefficient (Wildman–Crippen LogP) is 3.90. The number of nitrogens with one attached hydrogen (secondary N) is 4. The first-order valence-corrected chi connectivity index (χ1v) is 11.5. The number of nitrogens with zero attached hydrogens (tertiary/aromatic N) is 1. The van der Waals surface area contributed by atoms with E-state index in [9.17, 15) is 4.79 Å². The topological polar surface area (TPSA) is 100 Å². The van der Waals surface area contributed by atoms with Gasteiger partial charge in [-0.25, -0.2) is 0 Å². The number of carbonyl (C=O) groups excluding carboxylic acids is 1. The summed E-state index contributed by atoms with van der Waals surface area (Å²) in [5.41, 5.74) is 4.36. The molecule has 5 rings (SSSR count). The molecule has 1 aromatic carbocycles. The molecule has 0 aliphatic carbocycles. The van der Waals surface area contributed by atoms with E-state index in [0.29, 0.717) is 59.1 Å². The maximum atomic E-state index is 12.9. The largest absolute Gasteiger partial charge is 0.493 e. The zero-order valence-electron chi connectivity index (χ0n) is 18.3. The van der Waals surface area contributed by atoms with Crippen molar-refractivity contribution >= 4 is 28.9 Å². The van der Waals surface area contributed by atoms with Gasteiger partial charge in [-0.2, -0.15) is 0 Å². The molecule has 172 valence electrons. The highest BCUT2D eigenvalue weighted by molar-refractivity contribution is 6.32. The maximum absolute atomic E-state index is 12.9. The zero-order valence-corrected chi connectivity index (χ0v) is 19.1. The number of methoxy groups -OCH3 is 1. The normalized spacial score (nSPS) is 17.4. The Morgan fingerprint density at radius 1 is 1.27 bits per heavy atom. The molecule has 33 heavy (non-hydrogen) atoms. The summed E-state index contributed by atoms with van der Waals surface area (Å²) in [6.07, 6.45) is 6.39. The van der Waals surface area contributed by atoms with Gasteiger partial charge in [-0.3, -0.25) is 9.78 Å². The molecule has 1 fully saturated rings. The molecule has 8 nitrogen and oxygen atoms in total. The minimum atomic E-state index is -0.131. The van der Waals surface area contributed by atoms with Gasteiger partial charge >= 0.3 is 0 Å². The molecular formula is C24H26ClN5O3. The van der Waals surface area contributed by atoms with Crippen LogP contribution >= 0.6 is 11.6 Å². The van der Waals surface area contributed by atoms with Gasteiger partial charge in [0.2, 0.25) is 0 Å². The van der Waals surface area contributed by atoms with Gasteiger partial charge in [-0.05, 0) is 37.6 Å². The van der Waals surface area contributed by atoms with Crippen LogP contribution in [0.4, 0.5) is 11.4 Å². The summed E-state index contributed by atoms with van der Waals surface area (Å²) in [6.45, 7) is 2.16. The van der Waals surface area contributed by atoms with Crippen LogP contribution in [0.2, 0.25) is 5.02 Å². The molecule has 2 aromatic heterocycles. The molecule has 1 atom stereocenters. The average molecular weight is 468 g/mol. The molecule has 4 heterocycles. The molecule has 1 amide bonds. The van der Waals surface area contributed by atoms with Crippen LogP contribution in [0.25, 0.3) is 11.3 Å². The fraction of sp³-hybridized carbons (Fsp3) is 0.333. The van der Waals surface area contributed by atoms with Crippen LogP contribution in [-0.2, 0) is 6.42 Å². The monoisotopic (exact) mass is 467 g/mol. The van der Waals surface area contributed by atoms with Crippen molar-refractivity contribution in [2.24, 2.45) is 0 Å². The van der Waals surface area contributed by atoms with Crippen molar-refractivity contribution in [1.82, 2.24) is 20.6 Å². The van der Waals surface area contributed by atoms with Crippen molar-refractivity contribution in [3.8, 4) is 22.8 Å². The third kappa shape index (κ3) is 4.24. The Kier molecular flexibility index (Phi) is 6.11. The number of ether oxygens (including phenoxy) is 2. The number of H-pyrrole nitrogens is 1. The molecular weight excluding hydrogens is 442 g/mol. The third-order valence-electron chi connectivity index (χ3n) is 6.05. The Morgan fingerprint density at radius 2 is 2.18 bits per heavy atom. The highest BCUT2D eigenvalue weighted by atomic mass is 35.5. The van der Waals surface area contributed by atoms with Crippen LogP contribution in [0.5, 0.6) is 11.5 Å². The number of aromatic amines is 1. The highest BCUT2D eigenvalue weighted by Gasteiger charge is 2.29. The lowest BCUT2D eigenvalue weighted by Gasteiger charge is -2.18. The summed E-state index contributed by atoms with van der Waals surface area (Å²) in [5.74, 6) is 1.04. The van der Waals surface area contributed by atoms with Crippen LogP contribution in [0.1, 0.15) is 28.9 Å². The van der Waals surface area contributed by atoms with E-state index < -0.39 is 0 Å². The second kappa shape index (κ2) is 9.33. The van der Waals surface area contributed by atoms with E-state index >= 15 is 0 Å². The van der Waals surface area contributed by atoms with Crippen molar-refractivity contribution in [1.29, 1.82) is 0 Å². The average Bonchev–Trinajstić information content (AvgIpc) is 3.47. The Bertz CT molecular complexity index is 1170. The Balaban J connectivity index is 1.58. The number of anilines is 2. The summed E-state index contributed by atoms with van der Waals surface area (Å²) in [6, 6.07) is 7.69. The molecule has 0 saturated carbocycles. The second-order valence-corrected chi connectivity index (χ2v) is 8.56. The first-order valence-electron chi connectivity index (χ1n) is 11.1. The minimum Gasteiger partial charge on any atom is -0.493 e. The van der Waals surface area contributed by atoms with Gasteiger partial charge in [0.25, 0.3) is 5.91 Å². The van der Waals surface area contributed by atoms with Crippen molar-refractivity contribution in [2.75, 3.05) is 32.1 Å². The summed E-state index contributed by atoms with van der Waals surface area (Å²) in [7, 11) is 1.57. The van der Waals surface area contributed by atoms with E-state index in [-0.39, 0.29) is 5.91 Å². The Labute approximate surface area is 197 Å². The first-order chi connectivity index (χ1) is 16.2. The van der Waals surface area contributed by atoms with Gasteiger partial charge in [-0.15, -0.1) is 0 Å². The number of rotatable bonds is 7. The Morgan fingerprint density at radius 3 is 3.00 bits per heavy atom. The van der Waals surface area contributed by atoms with E-state index in [2.05, 4.69) is 25.9 Å². The summed E-state index contributed by atoms with van der Waals surface area (Å²) >= 11 is 6.34. The molecule has 9 heteroatoms. The van der Waals surface area contributed by atoms with Crippen LogP contribution < -0.4 is 25.4 Å². The summed E-state index contributed by atoms with van der Waals surface area (Å²) in [5, 5.41) is 10.3. The third-order valence-corrected chi connectivity index (χ3v) is 6.35. The SMILES string of the molecule is COc1c(Cl)cccc1Nc1c(-c2ccncc2OC[C@H]2CCCN2)[nH]c2c1C(=O)NCC2. The molecule has 3 aromatic rings. The van der Waals surface area contributed by atoms with Crippen LogP contribution in [0.3, 0.4) is 0 Å². The number of pyridine rings is 1. The predicted molar refractivity (Wildman–Crippen MR) is 128 cm³/mol.